The van der Waals surface area contributed by atoms with E-state index in [-0.39, 0.29) is 5.91 Å². The highest BCUT2D eigenvalue weighted by Crippen LogP contribution is 2.23. The standard InChI is InChI=1S/C15H13N7O/c16-13-9-3-1-7(5-12(9)20-21-13)15(23)18-8-2-4-11-10(6-8)14(17)22-19-11/h1-6H,(H,18,23)(H3,16,20,21)(H3,17,19,22). The zero-order valence-electron chi connectivity index (χ0n) is 11.9. The van der Waals surface area contributed by atoms with Gasteiger partial charge in [0.1, 0.15) is 0 Å². The predicted molar refractivity (Wildman–Crippen MR) is 89.0 cm³/mol. The van der Waals surface area contributed by atoms with Gasteiger partial charge in [-0.1, -0.05) is 0 Å². The average Bonchev–Trinajstić information content (AvgIpc) is 3.11. The van der Waals surface area contributed by atoms with Crippen molar-refractivity contribution in [2.45, 2.75) is 0 Å². The third kappa shape index (κ3) is 2.13. The predicted octanol–water partition coefficient (Wildman–Crippen LogP) is 1.86. The summed E-state index contributed by atoms with van der Waals surface area (Å²) in [5.74, 6) is 0.569. The van der Waals surface area contributed by atoms with Gasteiger partial charge in [0.05, 0.1) is 11.0 Å². The number of carbonyl (C=O) groups is 1. The average molecular weight is 307 g/mol. The monoisotopic (exact) mass is 307 g/mol. The van der Waals surface area contributed by atoms with Crippen LogP contribution in [0.2, 0.25) is 0 Å². The van der Waals surface area contributed by atoms with Crippen molar-refractivity contribution in [3.63, 3.8) is 0 Å². The number of aromatic nitrogens is 4. The van der Waals surface area contributed by atoms with E-state index in [1.807, 2.05) is 6.07 Å². The number of anilines is 3. The molecule has 0 fully saturated rings. The number of benzene rings is 2. The van der Waals surface area contributed by atoms with Crippen LogP contribution in [0, 0.1) is 0 Å². The second-order valence-electron chi connectivity index (χ2n) is 5.19. The molecule has 0 atom stereocenters. The lowest BCUT2D eigenvalue weighted by atomic mass is 10.1. The van der Waals surface area contributed by atoms with E-state index >= 15 is 0 Å². The molecule has 0 saturated heterocycles. The van der Waals surface area contributed by atoms with Gasteiger partial charge in [-0.15, -0.1) is 0 Å². The van der Waals surface area contributed by atoms with E-state index < -0.39 is 0 Å². The highest BCUT2D eigenvalue weighted by atomic mass is 16.1. The Hall–Kier alpha value is -3.55. The SMILES string of the molecule is Nc1n[nH]c2cc(C(=O)Nc3ccc4[nH]nc(N)c4c3)ccc12. The minimum atomic E-state index is -0.235. The molecule has 0 aliphatic rings. The van der Waals surface area contributed by atoms with Crippen LogP contribution in [0.4, 0.5) is 17.3 Å². The fourth-order valence-electron chi connectivity index (χ4n) is 2.50. The summed E-state index contributed by atoms with van der Waals surface area (Å²) in [6.07, 6.45) is 0. The van der Waals surface area contributed by atoms with Crippen molar-refractivity contribution in [2.75, 3.05) is 16.8 Å². The Kier molecular flexibility index (Phi) is 2.70. The highest BCUT2D eigenvalue weighted by molar-refractivity contribution is 6.07. The van der Waals surface area contributed by atoms with Gasteiger partial charge in [-0.2, -0.15) is 10.2 Å². The van der Waals surface area contributed by atoms with Gasteiger partial charge < -0.3 is 16.8 Å². The molecule has 2 aromatic carbocycles. The van der Waals surface area contributed by atoms with E-state index in [1.165, 1.54) is 0 Å². The molecule has 8 nitrogen and oxygen atoms in total. The lowest BCUT2D eigenvalue weighted by Gasteiger charge is -2.05. The number of hydrogen-bond donors (Lipinski definition) is 5. The summed E-state index contributed by atoms with van der Waals surface area (Å²) in [5, 5.41) is 17.8. The maximum absolute atomic E-state index is 12.4. The Labute approximate surface area is 129 Å². The highest BCUT2D eigenvalue weighted by Gasteiger charge is 2.10. The molecule has 8 heteroatoms. The van der Waals surface area contributed by atoms with E-state index in [4.69, 9.17) is 11.5 Å². The molecule has 0 saturated carbocycles. The Bertz CT molecular complexity index is 1050. The Morgan fingerprint density at radius 3 is 2.48 bits per heavy atom. The van der Waals surface area contributed by atoms with Crippen LogP contribution in [0.25, 0.3) is 21.8 Å². The Balaban J connectivity index is 1.65. The van der Waals surface area contributed by atoms with Crippen LogP contribution in [0.3, 0.4) is 0 Å². The number of nitrogen functional groups attached to an aromatic ring is 2. The number of nitrogens with zero attached hydrogens (tertiary/aromatic N) is 2. The molecule has 114 valence electrons. The quantitative estimate of drug-likeness (QED) is 0.384. The van der Waals surface area contributed by atoms with Crippen molar-refractivity contribution in [1.82, 2.24) is 20.4 Å². The minimum Gasteiger partial charge on any atom is -0.382 e. The van der Waals surface area contributed by atoms with E-state index in [0.717, 1.165) is 16.3 Å². The number of fused-ring (bicyclic) bond motifs is 2. The molecule has 0 aliphatic carbocycles. The maximum Gasteiger partial charge on any atom is 0.255 e. The third-order valence-corrected chi connectivity index (χ3v) is 3.70. The van der Waals surface area contributed by atoms with Crippen molar-refractivity contribution in [1.29, 1.82) is 0 Å². The van der Waals surface area contributed by atoms with E-state index in [1.54, 1.807) is 30.3 Å². The van der Waals surface area contributed by atoms with Crippen molar-refractivity contribution in [2.24, 2.45) is 0 Å². The fourth-order valence-corrected chi connectivity index (χ4v) is 2.50. The number of nitrogens with one attached hydrogen (secondary N) is 3. The summed E-state index contributed by atoms with van der Waals surface area (Å²) in [7, 11) is 0. The summed E-state index contributed by atoms with van der Waals surface area (Å²) in [6.45, 7) is 0. The third-order valence-electron chi connectivity index (χ3n) is 3.70. The van der Waals surface area contributed by atoms with Gasteiger partial charge >= 0.3 is 0 Å². The summed E-state index contributed by atoms with van der Waals surface area (Å²) < 4.78 is 0. The van der Waals surface area contributed by atoms with Gasteiger partial charge in [-0.3, -0.25) is 15.0 Å². The number of H-pyrrole nitrogens is 2. The van der Waals surface area contributed by atoms with Crippen molar-refractivity contribution in [3.05, 3.63) is 42.0 Å². The van der Waals surface area contributed by atoms with Crippen LogP contribution in [-0.2, 0) is 0 Å². The Morgan fingerprint density at radius 1 is 0.913 bits per heavy atom. The van der Waals surface area contributed by atoms with E-state index in [2.05, 4.69) is 25.7 Å². The van der Waals surface area contributed by atoms with Gasteiger partial charge in [0, 0.05) is 22.0 Å². The Morgan fingerprint density at radius 2 is 1.65 bits per heavy atom. The van der Waals surface area contributed by atoms with Crippen molar-refractivity contribution >= 4 is 45.0 Å². The molecule has 0 bridgehead atoms. The number of aromatic amines is 2. The number of nitrogens with two attached hydrogens (primary N) is 2. The summed E-state index contributed by atoms with van der Waals surface area (Å²) in [4.78, 5) is 12.4. The van der Waals surface area contributed by atoms with Gasteiger partial charge in [0.15, 0.2) is 11.6 Å². The molecule has 0 radical (unpaired) electrons. The molecule has 0 spiro atoms. The van der Waals surface area contributed by atoms with Crippen LogP contribution in [0.5, 0.6) is 0 Å². The number of amides is 1. The van der Waals surface area contributed by atoms with Crippen LogP contribution in [0.15, 0.2) is 36.4 Å². The lowest BCUT2D eigenvalue weighted by molar-refractivity contribution is 0.102. The van der Waals surface area contributed by atoms with Gasteiger partial charge in [0.25, 0.3) is 5.91 Å². The van der Waals surface area contributed by atoms with Crippen molar-refractivity contribution < 1.29 is 4.79 Å². The number of carbonyl (C=O) groups excluding carboxylic acids is 1. The molecule has 4 rings (SSSR count). The van der Waals surface area contributed by atoms with Crippen molar-refractivity contribution in [3.8, 4) is 0 Å². The fraction of sp³-hybridized carbons (Fsp3) is 0. The summed E-state index contributed by atoms with van der Waals surface area (Å²) in [6, 6.07) is 10.5. The van der Waals surface area contributed by atoms with Crippen LogP contribution in [0.1, 0.15) is 10.4 Å². The van der Waals surface area contributed by atoms with E-state index in [0.29, 0.717) is 28.4 Å². The molecule has 2 heterocycles. The first-order chi connectivity index (χ1) is 11.1. The molecular formula is C15H13N7O. The molecule has 0 unspecified atom stereocenters. The molecule has 7 N–H and O–H groups in total. The van der Waals surface area contributed by atoms with Crippen LogP contribution < -0.4 is 16.8 Å². The van der Waals surface area contributed by atoms with Crippen LogP contribution >= 0.6 is 0 Å². The molecule has 1 amide bonds. The summed E-state index contributed by atoms with van der Waals surface area (Å²) >= 11 is 0. The van der Waals surface area contributed by atoms with Crippen LogP contribution in [-0.4, -0.2) is 26.3 Å². The molecule has 0 aliphatic heterocycles. The zero-order valence-corrected chi connectivity index (χ0v) is 11.9. The van der Waals surface area contributed by atoms with E-state index in [9.17, 15) is 4.79 Å². The van der Waals surface area contributed by atoms with Gasteiger partial charge in [-0.05, 0) is 36.4 Å². The number of hydrogen-bond acceptors (Lipinski definition) is 5. The lowest BCUT2D eigenvalue weighted by Crippen LogP contribution is -2.11. The summed E-state index contributed by atoms with van der Waals surface area (Å²) in [5.41, 5.74) is 14.2. The zero-order chi connectivity index (χ0) is 16.0. The second kappa shape index (κ2) is 4.73. The van der Waals surface area contributed by atoms with Gasteiger partial charge in [0.2, 0.25) is 0 Å². The molecular weight excluding hydrogens is 294 g/mol. The van der Waals surface area contributed by atoms with Gasteiger partial charge in [-0.25, -0.2) is 0 Å². The maximum atomic E-state index is 12.4. The molecule has 4 aromatic rings. The smallest absolute Gasteiger partial charge is 0.255 e. The first-order valence-electron chi connectivity index (χ1n) is 6.90. The first-order valence-corrected chi connectivity index (χ1v) is 6.90. The first kappa shape index (κ1) is 13.1. The second-order valence-corrected chi connectivity index (χ2v) is 5.19. The largest absolute Gasteiger partial charge is 0.382 e. The minimum absolute atomic E-state index is 0.235. The normalized spacial score (nSPS) is 11.1. The molecule has 2 aromatic heterocycles. The number of rotatable bonds is 2. The molecule has 23 heavy (non-hydrogen) atoms. The topological polar surface area (TPSA) is 138 Å².